The molecule has 0 aromatic rings. The molecule has 0 saturated carbocycles. The molecule has 0 aliphatic carbocycles. The molecule has 0 rings (SSSR count). The van der Waals surface area contributed by atoms with Gasteiger partial charge in [-0.25, -0.2) is 4.79 Å². The molecular weight excluding hydrogens is 256 g/mol. The minimum absolute atomic E-state index is 0.0867. The maximum absolute atomic E-state index is 11.7. The second-order valence-electron chi connectivity index (χ2n) is 5.02. The molecule has 0 aromatic carbocycles. The van der Waals surface area contributed by atoms with Crippen LogP contribution in [-0.2, 0) is 19.1 Å². The monoisotopic (exact) mass is 282 g/mol. The van der Waals surface area contributed by atoms with E-state index in [1.165, 1.54) is 0 Å². The first kappa shape index (κ1) is 18.4. The van der Waals surface area contributed by atoms with Gasteiger partial charge in [-0.15, -0.1) is 0 Å². The molecule has 0 aliphatic rings. The van der Waals surface area contributed by atoms with Crippen LogP contribution in [0.25, 0.3) is 0 Å². The standard InChI is InChI=1S/C16H26O4/c1-6-14(16(18)20-13(4)5)10-8-7-9-11-15(17)19-12(2)3/h6-7,9,12-13H,8,10-11H2,1-5H3. The fourth-order valence-corrected chi connectivity index (χ4v) is 1.50. The molecule has 0 aliphatic heterocycles. The van der Waals surface area contributed by atoms with Gasteiger partial charge in [0, 0.05) is 5.57 Å². The van der Waals surface area contributed by atoms with Crippen LogP contribution in [0.5, 0.6) is 0 Å². The zero-order chi connectivity index (χ0) is 15.5. The fourth-order valence-electron chi connectivity index (χ4n) is 1.50. The van der Waals surface area contributed by atoms with E-state index in [1.807, 2.05) is 40.7 Å². The quantitative estimate of drug-likeness (QED) is 0.388. The average Bonchev–Trinajstić information content (AvgIpc) is 2.31. The van der Waals surface area contributed by atoms with Gasteiger partial charge in [0.1, 0.15) is 0 Å². The predicted molar refractivity (Wildman–Crippen MR) is 79.2 cm³/mol. The lowest BCUT2D eigenvalue weighted by molar-refractivity contribution is -0.146. The number of esters is 2. The smallest absolute Gasteiger partial charge is 0.333 e. The second-order valence-corrected chi connectivity index (χ2v) is 5.02. The van der Waals surface area contributed by atoms with E-state index in [9.17, 15) is 9.59 Å². The third-order valence-electron chi connectivity index (χ3n) is 2.35. The van der Waals surface area contributed by atoms with Crippen molar-refractivity contribution in [1.82, 2.24) is 0 Å². The highest BCUT2D eigenvalue weighted by molar-refractivity contribution is 5.88. The van der Waals surface area contributed by atoms with Crippen LogP contribution < -0.4 is 0 Å². The van der Waals surface area contributed by atoms with Crippen molar-refractivity contribution in [3.63, 3.8) is 0 Å². The summed E-state index contributed by atoms with van der Waals surface area (Å²) in [6.45, 7) is 9.11. The lowest BCUT2D eigenvalue weighted by Crippen LogP contribution is -2.13. The van der Waals surface area contributed by atoms with E-state index in [0.29, 0.717) is 18.4 Å². The van der Waals surface area contributed by atoms with Crippen molar-refractivity contribution < 1.29 is 19.1 Å². The summed E-state index contributed by atoms with van der Waals surface area (Å²) in [6.07, 6.45) is 6.79. The van der Waals surface area contributed by atoms with E-state index in [1.54, 1.807) is 12.2 Å². The third-order valence-corrected chi connectivity index (χ3v) is 2.35. The summed E-state index contributed by atoms with van der Waals surface area (Å²) >= 11 is 0. The Hall–Kier alpha value is -1.58. The number of hydrogen-bond acceptors (Lipinski definition) is 4. The summed E-state index contributed by atoms with van der Waals surface area (Å²) in [5.41, 5.74) is 0.660. The van der Waals surface area contributed by atoms with Gasteiger partial charge in [0.15, 0.2) is 0 Å². The fraction of sp³-hybridized carbons (Fsp3) is 0.625. The van der Waals surface area contributed by atoms with Crippen molar-refractivity contribution >= 4 is 11.9 Å². The number of carbonyl (C=O) groups is 2. The van der Waals surface area contributed by atoms with Crippen LogP contribution in [0.3, 0.4) is 0 Å². The molecule has 0 N–H and O–H groups in total. The SMILES string of the molecule is CC=C(CCC=CCC(=O)OC(C)C)C(=O)OC(C)C. The van der Waals surface area contributed by atoms with Crippen molar-refractivity contribution in [3.05, 3.63) is 23.8 Å². The van der Waals surface area contributed by atoms with Crippen LogP contribution in [-0.4, -0.2) is 24.1 Å². The number of carbonyl (C=O) groups excluding carboxylic acids is 2. The first-order valence-electron chi connectivity index (χ1n) is 7.07. The molecule has 0 radical (unpaired) electrons. The molecule has 0 heterocycles. The Labute approximate surface area is 121 Å². The normalized spacial score (nSPS) is 12.2. The molecule has 114 valence electrons. The van der Waals surface area contributed by atoms with Crippen LogP contribution in [0.1, 0.15) is 53.9 Å². The Bertz CT molecular complexity index is 365. The van der Waals surface area contributed by atoms with Gasteiger partial charge in [-0.1, -0.05) is 18.2 Å². The molecule has 0 fully saturated rings. The summed E-state index contributed by atoms with van der Waals surface area (Å²) in [7, 11) is 0. The maximum atomic E-state index is 11.7. The summed E-state index contributed by atoms with van der Waals surface area (Å²) in [6, 6.07) is 0. The molecule has 0 spiro atoms. The number of ether oxygens (including phenoxy) is 2. The van der Waals surface area contributed by atoms with Crippen molar-refractivity contribution in [3.8, 4) is 0 Å². The van der Waals surface area contributed by atoms with Gasteiger partial charge in [0.2, 0.25) is 0 Å². The van der Waals surface area contributed by atoms with Gasteiger partial charge in [0.25, 0.3) is 0 Å². The summed E-state index contributed by atoms with van der Waals surface area (Å²) in [5, 5.41) is 0. The number of hydrogen-bond donors (Lipinski definition) is 0. The minimum atomic E-state index is -0.268. The van der Waals surface area contributed by atoms with Gasteiger partial charge in [-0.05, 0) is 47.5 Å². The molecule has 20 heavy (non-hydrogen) atoms. The van der Waals surface area contributed by atoms with E-state index in [-0.39, 0.29) is 30.6 Å². The van der Waals surface area contributed by atoms with Crippen molar-refractivity contribution in [1.29, 1.82) is 0 Å². The molecule has 0 bridgehead atoms. The van der Waals surface area contributed by atoms with Gasteiger partial charge < -0.3 is 9.47 Å². The summed E-state index contributed by atoms with van der Waals surface area (Å²) < 4.78 is 10.1. The van der Waals surface area contributed by atoms with Gasteiger partial charge in [-0.3, -0.25) is 4.79 Å². The van der Waals surface area contributed by atoms with E-state index in [4.69, 9.17) is 9.47 Å². The van der Waals surface area contributed by atoms with Crippen molar-refractivity contribution in [2.75, 3.05) is 0 Å². The first-order chi connectivity index (χ1) is 9.36. The van der Waals surface area contributed by atoms with Gasteiger partial charge in [0.05, 0.1) is 18.6 Å². The molecule has 4 nitrogen and oxygen atoms in total. The Morgan fingerprint density at radius 3 is 2.10 bits per heavy atom. The van der Waals surface area contributed by atoms with Crippen LogP contribution in [0.4, 0.5) is 0 Å². The Balaban J connectivity index is 4.03. The summed E-state index contributed by atoms with van der Waals surface area (Å²) in [4.78, 5) is 23.0. The average molecular weight is 282 g/mol. The Morgan fingerprint density at radius 1 is 1.00 bits per heavy atom. The van der Waals surface area contributed by atoms with Gasteiger partial charge in [-0.2, -0.15) is 0 Å². The maximum Gasteiger partial charge on any atom is 0.333 e. The Kier molecular flexibility index (Phi) is 9.43. The number of allylic oxidation sites excluding steroid dienone is 2. The molecule has 0 unspecified atom stereocenters. The Morgan fingerprint density at radius 2 is 1.60 bits per heavy atom. The molecular formula is C16H26O4. The highest BCUT2D eigenvalue weighted by Gasteiger charge is 2.10. The topological polar surface area (TPSA) is 52.6 Å². The van der Waals surface area contributed by atoms with Crippen LogP contribution in [0, 0.1) is 0 Å². The van der Waals surface area contributed by atoms with E-state index >= 15 is 0 Å². The lowest BCUT2D eigenvalue weighted by atomic mass is 10.1. The molecule has 4 heteroatoms. The zero-order valence-corrected chi connectivity index (χ0v) is 13.1. The van der Waals surface area contributed by atoms with Crippen LogP contribution in [0.15, 0.2) is 23.8 Å². The summed E-state index contributed by atoms with van der Waals surface area (Å²) in [5.74, 6) is -0.503. The second kappa shape index (κ2) is 10.2. The lowest BCUT2D eigenvalue weighted by Gasteiger charge is -2.09. The highest BCUT2D eigenvalue weighted by atomic mass is 16.5. The molecule has 0 aromatic heterocycles. The largest absolute Gasteiger partial charge is 0.463 e. The first-order valence-corrected chi connectivity index (χ1v) is 7.07. The highest BCUT2D eigenvalue weighted by Crippen LogP contribution is 2.10. The van der Waals surface area contributed by atoms with Crippen molar-refractivity contribution in [2.24, 2.45) is 0 Å². The number of rotatable bonds is 8. The van der Waals surface area contributed by atoms with Crippen LogP contribution >= 0.6 is 0 Å². The van der Waals surface area contributed by atoms with Crippen molar-refractivity contribution in [2.45, 2.75) is 66.1 Å². The van der Waals surface area contributed by atoms with Crippen LogP contribution in [0.2, 0.25) is 0 Å². The predicted octanol–water partition coefficient (Wildman–Crippen LogP) is 3.56. The zero-order valence-electron chi connectivity index (χ0n) is 13.1. The molecule has 0 atom stereocenters. The van der Waals surface area contributed by atoms with E-state index in [0.717, 1.165) is 0 Å². The molecule has 0 amide bonds. The minimum Gasteiger partial charge on any atom is -0.463 e. The third kappa shape index (κ3) is 9.36. The van der Waals surface area contributed by atoms with Gasteiger partial charge >= 0.3 is 11.9 Å². The molecule has 0 saturated heterocycles. The van der Waals surface area contributed by atoms with E-state index < -0.39 is 0 Å². The van der Waals surface area contributed by atoms with E-state index in [2.05, 4.69) is 0 Å².